The summed E-state index contributed by atoms with van der Waals surface area (Å²) >= 11 is 7.22. The normalized spacial score (nSPS) is 14.3. The zero-order chi connectivity index (χ0) is 25.8. The SMILES string of the molecule is CN(C)c1ccc(/C=C/c2cc(-c3ccc(Br)cc3)cc(-c3ccc(Br)cc3)[n+]2C2CCCCC2)cc1. The van der Waals surface area contributed by atoms with Crippen LogP contribution in [-0.2, 0) is 0 Å². The molecule has 0 radical (unpaired) electrons. The molecule has 188 valence electrons. The Morgan fingerprint density at radius 1 is 0.676 bits per heavy atom. The van der Waals surface area contributed by atoms with Gasteiger partial charge >= 0.3 is 0 Å². The molecular weight excluding hydrogens is 584 g/mol. The molecule has 0 spiro atoms. The van der Waals surface area contributed by atoms with E-state index < -0.39 is 0 Å². The quantitative estimate of drug-likeness (QED) is 0.196. The van der Waals surface area contributed by atoms with Crippen molar-refractivity contribution in [2.45, 2.75) is 38.1 Å². The molecule has 0 bridgehead atoms. The number of benzene rings is 3. The van der Waals surface area contributed by atoms with Gasteiger partial charge in [-0.2, -0.15) is 4.57 Å². The van der Waals surface area contributed by atoms with Crippen molar-refractivity contribution < 1.29 is 4.57 Å². The smallest absolute Gasteiger partial charge is 0.213 e. The highest BCUT2D eigenvalue weighted by Gasteiger charge is 2.29. The second-order valence-corrected chi connectivity index (χ2v) is 11.9. The molecule has 0 saturated heterocycles. The molecule has 0 amide bonds. The number of hydrogen-bond acceptors (Lipinski definition) is 1. The van der Waals surface area contributed by atoms with Crippen LogP contribution in [-0.4, -0.2) is 14.1 Å². The number of nitrogens with zero attached hydrogens (tertiary/aromatic N) is 2. The van der Waals surface area contributed by atoms with Gasteiger partial charge < -0.3 is 4.90 Å². The minimum absolute atomic E-state index is 0.502. The zero-order valence-corrected chi connectivity index (χ0v) is 24.7. The van der Waals surface area contributed by atoms with Crippen LogP contribution in [0.25, 0.3) is 34.5 Å². The standard InChI is InChI=1S/C33H33Br2N2/c1-36(2)30-19-8-24(9-20-30)10-21-32-22-27(25-11-15-28(34)16-12-25)23-33(26-13-17-29(35)18-14-26)37(32)31-6-4-3-5-7-31/h8-23,31H,3-7H2,1-2H3/q+1. The van der Waals surface area contributed by atoms with Gasteiger partial charge in [-0.1, -0.05) is 62.5 Å². The maximum absolute atomic E-state index is 3.62. The molecule has 1 fully saturated rings. The largest absolute Gasteiger partial charge is 0.378 e. The fraction of sp³-hybridized carbons (Fsp3) is 0.242. The number of halogens is 2. The van der Waals surface area contributed by atoms with Crippen LogP contribution in [0.5, 0.6) is 0 Å². The summed E-state index contributed by atoms with van der Waals surface area (Å²) in [4.78, 5) is 2.14. The molecule has 3 aromatic carbocycles. The van der Waals surface area contributed by atoms with E-state index in [0.29, 0.717) is 6.04 Å². The Kier molecular flexibility index (Phi) is 8.26. The molecule has 1 saturated carbocycles. The molecule has 4 heteroatoms. The molecule has 2 nitrogen and oxygen atoms in total. The summed E-state index contributed by atoms with van der Waals surface area (Å²) in [5.41, 5.74) is 8.66. The van der Waals surface area contributed by atoms with Gasteiger partial charge in [0.1, 0.15) is 0 Å². The van der Waals surface area contributed by atoms with Gasteiger partial charge in [-0.25, -0.2) is 0 Å². The Morgan fingerprint density at radius 2 is 1.27 bits per heavy atom. The Labute approximate surface area is 237 Å². The van der Waals surface area contributed by atoms with E-state index in [9.17, 15) is 0 Å². The number of anilines is 1. The van der Waals surface area contributed by atoms with E-state index in [1.807, 2.05) is 0 Å². The highest BCUT2D eigenvalue weighted by Crippen LogP contribution is 2.32. The van der Waals surface area contributed by atoms with Crippen molar-refractivity contribution in [3.8, 4) is 22.4 Å². The van der Waals surface area contributed by atoms with Crippen molar-refractivity contribution in [2.75, 3.05) is 19.0 Å². The van der Waals surface area contributed by atoms with Crippen LogP contribution in [0, 0.1) is 0 Å². The summed E-state index contributed by atoms with van der Waals surface area (Å²) in [5, 5.41) is 0. The first-order chi connectivity index (χ1) is 18.0. The predicted octanol–water partition coefficient (Wildman–Crippen LogP) is 9.57. The molecule has 5 rings (SSSR count). The van der Waals surface area contributed by atoms with Gasteiger partial charge in [0.25, 0.3) is 0 Å². The van der Waals surface area contributed by atoms with Crippen LogP contribution >= 0.6 is 31.9 Å². The molecular formula is C33H33Br2N2+. The monoisotopic (exact) mass is 615 g/mol. The van der Waals surface area contributed by atoms with Crippen molar-refractivity contribution in [1.82, 2.24) is 0 Å². The Hall–Kier alpha value is -2.69. The van der Waals surface area contributed by atoms with E-state index in [2.05, 4.69) is 153 Å². The van der Waals surface area contributed by atoms with Crippen LogP contribution in [0.3, 0.4) is 0 Å². The zero-order valence-electron chi connectivity index (χ0n) is 21.5. The first-order valence-corrected chi connectivity index (χ1v) is 14.6. The van der Waals surface area contributed by atoms with Crippen molar-refractivity contribution >= 4 is 49.7 Å². The van der Waals surface area contributed by atoms with Crippen LogP contribution in [0.4, 0.5) is 5.69 Å². The highest BCUT2D eigenvalue weighted by molar-refractivity contribution is 9.10. The Morgan fingerprint density at radius 3 is 1.86 bits per heavy atom. The maximum Gasteiger partial charge on any atom is 0.213 e. The summed E-state index contributed by atoms with van der Waals surface area (Å²) in [6.07, 6.45) is 10.9. The van der Waals surface area contributed by atoms with E-state index in [1.165, 1.54) is 71.4 Å². The van der Waals surface area contributed by atoms with Crippen LogP contribution in [0.15, 0.2) is 93.9 Å². The summed E-state index contributed by atoms with van der Waals surface area (Å²) < 4.78 is 4.81. The molecule has 1 heterocycles. The van der Waals surface area contributed by atoms with Gasteiger partial charge in [-0.3, -0.25) is 0 Å². The minimum Gasteiger partial charge on any atom is -0.378 e. The van der Waals surface area contributed by atoms with Crippen LogP contribution in [0.1, 0.15) is 49.4 Å². The molecule has 0 unspecified atom stereocenters. The molecule has 0 atom stereocenters. The average molecular weight is 617 g/mol. The lowest BCUT2D eigenvalue weighted by molar-refractivity contribution is -0.716. The van der Waals surface area contributed by atoms with Crippen molar-refractivity contribution in [2.24, 2.45) is 0 Å². The van der Waals surface area contributed by atoms with Gasteiger partial charge in [0.05, 0.1) is 0 Å². The fourth-order valence-corrected chi connectivity index (χ4v) is 5.75. The molecule has 1 aliphatic rings. The van der Waals surface area contributed by atoms with E-state index in [0.717, 1.165) is 8.95 Å². The topological polar surface area (TPSA) is 7.12 Å². The van der Waals surface area contributed by atoms with Gasteiger partial charge in [-0.15, -0.1) is 0 Å². The molecule has 1 aromatic heterocycles. The molecule has 37 heavy (non-hydrogen) atoms. The summed E-state index contributed by atoms with van der Waals surface area (Å²) in [7, 11) is 4.16. The molecule has 4 aromatic rings. The van der Waals surface area contributed by atoms with Gasteiger partial charge in [0.2, 0.25) is 11.4 Å². The lowest BCUT2D eigenvalue weighted by Crippen LogP contribution is -2.45. The summed E-state index contributed by atoms with van der Waals surface area (Å²) in [6, 6.07) is 31.4. The number of hydrogen-bond donors (Lipinski definition) is 0. The Balaban J connectivity index is 1.67. The fourth-order valence-electron chi connectivity index (χ4n) is 5.22. The highest BCUT2D eigenvalue weighted by atomic mass is 79.9. The number of rotatable bonds is 6. The number of pyridine rings is 1. The van der Waals surface area contributed by atoms with Crippen molar-refractivity contribution in [3.63, 3.8) is 0 Å². The van der Waals surface area contributed by atoms with Gasteiger partial charge in [0, 0.05) is 65.3 Å². The third-order valence-corrected chi connectivity index (χ3v) is 8.30. The van der Waals surface area contributed by atoms with Crippen molar-refractivity contribution in [1.29, 1.82) is 0 Å². The lowest BCUT2D eigenvalue weighted by Gasteiger charge is -2.22. The van der Waals surface area contributed by atoms with Crippen molar-refractivity contribution in [3.05, 3.63) is 105 Å². The third kappa shape index (κ3) is 6.25. The second-order valence-electron chi connectivity index (χ2n) is 10.0. The van der Waals surface area contributed by atoms with Crippen LogP contribution in [0.2, 0.25) is 0 Å². The second kappa shape index (κ2) is 11.8. The molecule has 1 aliphatic carbocycles. The first-order valence-electron chi connectivity index (χ1n) is 13.0. The van der Waals surface area contributed by atoms with E-state index in [-0.39, 0.29) is 0 Å². The maximum atomic E-state index is 3.62. The van der Waals surface area contributed by atoms with Gasteiger partial charge in [-0.05, 0) is 84.1 Å². The van der Waals surface area contributed by atoms with E-state index >= 15 is 0 Å². The summed E-state index contributed by atoms with van der Waals surface area (Å²) in [5.74, 6) is 0. The molecule has 0 aliphatic heterocycles. The summed E-state index contributed by atoms with van der Waals surface area (Å²) in [6.45, 7) is 0. The van der Waals surface area contributed by atoms with Gasteiger partial charge in [0.15, 0.2) is 6.04 Å². The van der Waals surface area contributed by atoms with Crippen LogP contribution < -0.4 is 9.47 Å². The van der Waals surface area contributed by atoms with E-state index in [1.54, 1.807) is 0 Å². The Bertz CT molecular complexity index is 1370. The van der Waals surface area contributed by atoms with E-state index in [4.69, 9.17) is 0 Å². The minimum atomic E-state index is 0.502. The average Bonchev–Trinajstić information content (AvgIpc) is 2.93. The first kappa shape index (κ1) is 25.9. The predicted molar refractivity (Wildman–Crippen MR) is 165 cm³/mol. The third-order valence-electron chi connectivity index (χ3n) is 7.25. The molecule has 0 N–H and O–H groups in total. The lowest BCUT2D eigenvalue weighted by atomic mass is 9.92. The number of aromatic nitrogens is 1.